The highest BCUT2D eigenvalue weighted by Crippen LogP contribution is 2.01. The second-order valence-electron chi connectivity index (χ2n) is 1.90. The number of hydrogen-bond donors (Lipinski definition) is 1. The van der Waals surface area contributed by atoms with E-state index in [-0.39, 0.29) is 0 Å². The Bertz CT molecular complexity index is 112. The highest BCUT2D eigenvalue weighted by Gasteiger charge is 1.83. The summed E-state index contributed by atoms with van der Waals surface area (Å²) in [7, 11) is 1.88. The molecule has 0 aliphatic rings. The Hall–Kier alpha value is -0.720. The summed E-state index contributed by atoms with van der Waals surface area (Å²) in [6.45, 7) is 7.78. The van der Waals surface area contributed by atoms with Crippen LogP contribution in [0.1, 0.15) is 13.8 Å². The minimum absolute atomic E-state index is 1.11. The Kier molecular flexibility index (Phi) is 3.01. The van der Waals surface area contributed by atoms with Crippen molar-refractivity contribution in [2.75, 3.05) is 7.05 Å². The first-order valence-electron chi connectivity index (χ1n) is 2.68. The topological polar surface area (TPSA) is 12.0 Å². The van der Waals surface area contributed by atoms with E-state index < -0.39 is 0 Å². The molecule has 0 amide bonds. The summed E-state index contributed by atoms with van der Waals surface area (Å²) in [5.41, 5.74) is 2.31. The van der Waals surface area contributed by atoms with Crippen LogP contribution in [0.2, 0.25) is 0 Å². The number of rotatable bonds is 2. The highest BCUT2D eigenvalue weighted by atomic mass is 14.8. The molecule has 0 fully saturated rings. The van der Waals surface area contributed by atoms with Gasteiger partial charge in [0.2, 0.25) is 0 Å². The zero-order valence-electron chi connectivity index (χ0n) is 5.78. The molecule has 0 rings (SSSR count). The van der Waals surface area contributed by atoms with Gasteiger partial charge in [0.25, 0.3) is 0 Å². The maximum Gasteiger partial charge on any atom is 0.00278 e. The first-order valence-corrected chi connectivity index (χ1v) is 2.68. The van der Waals surface area contributed by atoms with Gasteiger partial charge in [0.05, 0.1) is 0 Å². The van der Waals surface area contributed by atoms with Crippen molar-refractivity contribution >= 4 is 0 Å². The van der Waals surface area contributed by atoms with E-state index in [9.17, 15) is 0 Å². The average Bonchev–Trinajstić information content (AvgIpc) is 1.67. The molecule has 0 aliphatic heterocycles. The molecule has 1 N–H and O–H groups in total. The molecule has 0 atom stereocenters. The molecule has 1 heteroatoms. The van der Waals surface area contributed by atoms with Gasteiger partial charge in [0.15, 0.2) is 0 Å². The van der Waals surface area contributed by atoms with Gasteiger partial charge in [0.1, 0.15) is 0 Å². The molecule has 0 aliphatic carbocycles. The predicted octanol–water partition coefficient (Wildman–Crippen LogP) is 1.69. The van der Waals surface area contributed by atoms with Crippen molar-refractivity contribution < 1.29 is 0 Å². The Labute approximate surface area is 51.1 Å². The predicted molar refractivity (Wildman–Crippen MR) is 37.6 cm³/mol. The van der Waals surface area contributed by atoms with E-state index >= 15 is 0 Å². The Balaban J connectivity index is 3.80. The fourth-order valence-electron chi connectivity index (χ4n) is 0.340. The lowest BCUT2D eigenvalue weighted by molar-refractivity contribution is 1.07. The van der Waals surface area contributed by atoms with Crippen molar-refractivity contribution in [1.82, 2.24) is 5.32 Å². The second-order valence-corrected chi connectivity index (χ2v) is 1.90. The maximum absolute atomic E-state index is 3.77. The fraction of sp³-hybridized carbons (Fsp3) is 0.429. The minimum atomic E-state index is 1.11. The van der Waals surface area contributed by atoms with Crippen LogP contribution >= 0.6 is 0 Å². The SMILES string of the molecule is C=C(C)/C(C)=C/NC. The molecule has 0 aromatic rings. The summed E-state index contributed by atoms with van der Waals surface area (Å²) < 4.78 is 0. The largest absolute Gasteiger partial charge is 0.394 e. The zero-order chi connectivity index (χ0) is 6.57. The zero-order valence-corrected chi connectivity index (χ0v) is 5.78. The first kappa shape index (κ1) is 7.28. The molecule has 0 aromatic carbocycles. The van der Waals surface area contributed by atoms with E-state index in [0.29, 0.717) is 0 Å². The summed E-state index contributed by atoms with van der Waals surface area (Å²) >= 11 is 0. The standard InChI is InChI=1S/C7H13N/c1-6(2)7(3)5-8-4/h5,8H,1H2,2-4H3/b7-5+. The van der Waals surface area contributed by atoms with Gasteiger partial charge in [-0.15, -0.1) is 0 Å². The lowest BCUT2D eigenvalue weighted by atomic mass is 10.2. The molecule has 0 spiro atoms. The number of hydrogen-bond acceptors (Lipinski definition) is 1. The van der Waals surface area contributed by atoms with Gasteiger partial charge >= 0.3 is 0 Å². The third kappa shape index (κ3) is 2.45. The molecule has 0 saturated heterocycles. The number of allylic oxidation sites excluding steroid dienone is 2. The van der Waals surface area contributed by atoms with E-state index in [1.807, 2.05) is 27.1 Å². The fourth-order valence-corrected chi connectivity index (χ4v) is 0.340. The molecule has 8 heavy (non-hydrogen) atoms. The molecule has 0 bridgehead atoms. The smallest absolute Gasteiger partial charge is 0.00278 e. The van der Waals surface area contributed by atoms with E-state index in [1.54, 1.807) is 0 Å². The summed E-state index contributed by atoms with van der Waals surface area (Å²) in [6, 6.07) is 0. The normalized spacial score (nSPS) is 11.1. The molecule has 0 radical (unpaired) electrons. The van der Waals surface area contributed by atoms with Crippen molar-refractivity contribution in [1.29, 1.82) is 0 Å². The molecule has 1 nitrogen and oxygen atoms in total. The van der Waals surface area contributed by atoms with Crippen LogP contribution in [0.3, 0.4) is 0 Å². The third-order valence-corrected chi connectivity index (χ3v) is 1.03. The highest BCUT2D eigenvalue weighted by molar-refractivity contribution is 5.22. The molecular weight excluding hydrogens is 98.1 g/mol. The van der Waals surface area contributed by atoms with E-state index in [2.05, 4.69) is 11.9 Å². The van der Waals surface area contributed by atoms with Crippen LogP contribution in [0.25, 0.3) is 0 Å². The van der Waals surface area contributed by atoms with Crippen LogP contribution in [0, 0.1) is 0 Å². The minimum Gasteiger partial charge on any atom is -0.394 e. The van der Waals surface area contributed by atoms with E-state index in [1.165, 1.54) is 5.57 Å². The number of nitrogens with one attached hydrogen (secondary N) is 1. The molecular formula is C7H13N. The molecule has 0 aromatic heterocycles. The van der Waals surface area contributed by atoms with Gasteiger partial charge in [-0.1, -0.05) is 12.2 Å². The Morgan fingerprint density at radius 2 is 2.00 bits per heavy atom. The summed E-state index contributed by atoms with van der Waals surface area (Å²) in [5, 5.41) is 2.93. The summed E-state index contributed by atoms with van der Waals surface area (Å²) in [6.07, 6.45) is 1.93. The van der Waals surface area contributed by atoms with Crippen LogP contribution < -0.4 is 5.32 Å². The van der Waals surface area contributed by atoms with Crippen LogP contribution in [0.15, 0.2) is 23.9 Å². The summed E-state index contributed by atoms with van der Waals surface area (Å²) in [5.74, 6) is 0. The van der Waals surface area contributed by atoms with Gasteiger partial charge in [-0.2, -0.15) is 0 Å². The van der Waals surface area contributed by atoms with E-state index in [0.717, 1.165) is 5.57 Å². The summed E-state index contributed by atoms with van der Waals surface area (Å²) in [4.78, 5) is 0. The van der Waals surface area contributed by atoms with Crippen molar-refractivity contribution in [3.8, 4) is 0 Å². The van der Waals surface area contributed by atoms with Gasteiger partial charge in [-0.05, 0) is 25.6 Å². The van der Waals surface area contributed by atoms with Crippen LogP contribution in [-0.4, -0.2) is 7.05 Å². The molecule has 46 valence electrons. The van der Waals surface area contributed by atoms with Crippen molar-refractivity contribution in [2.45, 2.75) is 13.8 Å². The lowest BCUT2D eigenvalue weighted by Crippen LogP contribution is -1.94. The van der Waals surface area contributed by atoms with E-state index in [4.69, 9.17) is 0 Å². The van der Waals surface area contributed by atoms with Crippen LogP contribution in [-0.2, 0) is 0 Å². The monoisotopic (exact) mass is 111 g/mol. The molecule has 0 heterocycles. The van der Waals surface area contributed by atoms with Gasteiger partial charge < -0.3 is 5.32 Å². The van der Waals surface area contributed by atoms with Crippen LogP contribution in [0.5, 0.6) is 0 Å². The van der Waals surface area contributed by atoms with Gasteiger partial charge in [-0.25, -0.2) is 0 Å². The first-order chi connectivity index (χ1) is 3.68. The second kappa shape index (κ2) is 3.30. The molecule has 0 saturated carbocycles. The lowest BCUT2D eigenvalue weighted by Gasteiger charge is -1.95. The Morgan fingerprint density at radius 1 is 1.50 bits per heavy atom. The van der Waals surface area contributed by atoms with Gasteiger partial charge in [-0.3, -0.25) is 0 Å². The van der Waals surface area contributed by atoms with Crippen molar-refractivity contribution in [3.63, 3.8) is 0 Å². The quantitative estimate of drug-likeness (QED) is 0.535. The maximum atomic E-state index is 3.77. The van der Waals surface area contributed by atoms with Crippen molar-refractivity contribution in [2.24, 2.45) is 0 Å². The Morgan fingerprint density at radius 3 is 2.12 bits per heavy atom. The molecule has 0 unspecified atom stereocenters. The van der Waals surface area contributed by atoms with Crippen LogP contribution in [0.4, 0.5) is 0 Å². The third-order valence-electron chi connectivity index (χ3n) is 1.03. The average molecular weight is 111 g/mol. The van der Waals surface area contributed by atoms with Gasteiger partial charge in [0, 0.05) is 7.05 Å². The van der Waals surface area contributed by atoms with Crippen molar-refractivity contribution in [3.05, 3.63) is 23.9 Å².